The molecule has 1 aliphatic rings. The van der Waals surface area contributed by atoms with Gasteiger partial charge in [0, 0.05) is 18.1 Å². The molecule has 1 fully saturated rings. The van der Waals surface area contributed by atoms with Crippen molar-refractivity contribution in [3.8, 4) is 0 Å². The third kappa shape index (κ3) is 2.88. The first-order valence-corrected chi connectivity index (χ1v) is 8.15. The number of thiophene rings is 1. The number of hydrogen-bond donors (Lipinski definition) is 1. The maximum Gasteiger partial charge on any atom is 0.261 e. The molecule has 1 saturated carbocycles. The van der Waals surface area contributed by atoms with E-state index in [4.69, 9.17) is 4.74 Å². The van der Waals surface area contributed by atoms with E-state index >= 15 is 0 Å². The first-order chi connectivity index (χ1) is 8.86. The summed E-state index contributed by atoms with van der Waals surface area (Å²) in [5.41, 5.74) is 1.12. The quantitative estimate of drug-likeness (QED) is 0.902. The van der Waals surface area contributed by atoms with E-state index in [-0.39, 0.29) is 23.5 Å². The predicted octanol–water partition coefficient (Wildman–Crippen LogP) is 3.75. The van der Waals surface area contributed by atoms with Crippen molar-refractivity contribution in [2.75, 3.05) is 6.61 Å². The van der Waals surface area contributed by atoms with Gasteiger partial charge in [-0.25, -0.2) is 0 Å². The molecule has 1 aromatic heterocycles. The SMILES string of the molecule is CCOC1CC(NC(=O)c2cc(C)c(Br)s2)C1(C)C. The predicted molar refractivity (Wildman–Crippen MR) is 81.8 cm³/mol. The lowest BCUT2D eigenvalue weighted by Gasteiger charge is -2.51. The Morgan fingerprint density at radius 3 is 2.79 bits per heavy atom. The highest BCUT2D eigenvalue weighted by Gasteiger charge is 2.49. The van der Waals surface area contributed by atoms with Crippen LogP contribution in [0.25, 0.3) is 0 Å². The van der Waals surface area contributed by atoms with Crippen LogP contribution in [-0.4, -0.2) is 24.7 Å². The van der Waals surface area contributed by atoms with Gasteiger partial charge in [0.15, 0.2) is 0 Å². The van der Waals surface area contributed by atoms with Crippen LogP contribution >= 0.6 is 27.3 Å². The molecule has 1 N–H and O–H groups in total. The second kappa shape index (κ2) is 5.54. The average Bonchev–Trinajstić information content (AvgIpc) is 2.68. The number of aryl methyl sites for hydroxylation is 1. The van der Waals surface area contributed by atoms with E-state index < -0.39 is 0 Å². The number of nitrogens with one attached hydrogen (secondary N) is 1. The molecule has 106 valence electrons. The number of amides is 1. The van der Waals surface area contributed by atoms with Gasteiger partial charge >= 0.3 is 0 Å². The van der Waals surface area contributed by atoms with Crippen LogP contribution in [0.5, 0.6) is 0 Å². The lowest BCUT2D eigenvalue weighted by atomic mass is 9.64. The Kier molecular flexibility index (Phi) is 4.38. The van der Waals surface area contributed by atoms with Gasteiger partial charge in [-0.3, -0.25) is 4.79 Å². The molecule has 0 aromatic carbocycles. The lowest BCUT2D eigenvalue weighted by Crippen LogP contribution is -2.62. The average molecular weight is 346 g/mol. The Bertz CT molecular complexity index is 464. The smallest absolute Gasteiger partial charge is 0.261 e. The summed E-state index contributed by atoms with van der Waals surface area (Å²) in [7, 11) is 0. The number of carbonyl (C=O) groups is 1. The van der Waals surface area contributed by atoms with Crippen molar-refractivity contribution in [2.45, 2.75) is 46.3 Å². The van der Waals surface area contributed by atoms with Gasteiger partial charge in [-0.15, -0.1) is 11.3 Å². The molecular weight excluding hydrogens is 326 g/mol. The normalized spacial score (nSPS) is 24.9. The second-order valence-electron chi connectivity index (χ2n) is 5.59. The Morgan fingerprint density at radius 1 is 1.63 bits per heavy atom. The van der Waals surface area contributed by atoms with Crippen LogP contribution in [0.3, 0.4) is 0 Å². The summed E-state index contributed by atoms with van der Waals surface area (Å²) >= 11 is 4.94. The number of rotatable bonds is 4. The summed E-state index contributed by atoms with van der Waals surface area (Å²) in [5, 5.41) is 3.12. The molecule has 2 unspecified atom stereocenters. The molecule has 2 atom stereocenters. The van der Waals surface area contributed by atoms with Gasteiger partial charge in [-0.05, 0) is 47.8 Å². The molecule has 0 aliphatic heterocycles. The molecule has 5 heteroatoms. The zero-order valence-electron chi connectivity index (χ0n) is 11.7. The minimum Gasteiger partial charge on any atom is -0.378 e. The Balaban J connectivity index is 1.98. The molecular formula is C14H20BrNO2S. The van der Waals surface area contributed by atoms with Crippen LogP contribution in [0.2, 0.25) is 0 Å². The zero-order chi connectivity index (χ0) is 14.2. The van der Waals surface area contributed by atoms with Gasteiger partial charge in [0.2, 0.25) is 0 Å². The van der Waals surface area contributed by atoms with Crippen molar-refractivity contribution in [3.05, 3.63) is 20.3 Å². The van der Waals surface area contributed by atoms with Crippen molar-refractivity contribution in [2.24, 2.45) is 5.41 Å². The van der Waals surface area contributed by atoms with E-state index in [9.17, 15) is 4.79 Å². The number of hydrogen-bond acceptors (Lipinski definition) is 3. The van der Waals surface area contributed by atoms with Gasteiger partial charge in [-0.1, -0.05) is 13.8 Å². The molecule has 19 heavy (non-hydrogen) atoms. The van der Waals surface area contributed by atoms with Gasteiger partial charge in [0.25, 0.3) is 5.91 Å². The first-order valence-electron chi connectivity index (χ1n) is 6.54. The molecule has 1 aliphatic carbocycles. The van der Waals surface area contributed by atoms with Crippen molar-refractivity contribution in [3.63, 3.8) is 0 Å². The van der Waals surface area contributed by atoms with Crippen LogP contribution in [-0.2, 0) is 4.74 Å². The molecule has 1 aromatic rings. The largest absolute Gasteiger partial charge is 0.378 e. The van der Waals surface area contributed by atoms with Gasteiger partial charge in [-0.2, -0.15) is 0 Å². The summed E-state index contributed by atoms with van der Waals surface area (Å²) in [5.74, 6) is 0.0202. The fourth-order valence-electron chi connectivity index (χ4n) is 2.42. The topological polar surface area (TPSA) is 38.3 Å². The number of ether oxygens (including phenoxy) is 1. The van der Waals surface area contributed by atoms with E-state index in [1.165, 1.54) is 11.3 Å². The summed E-state index contributed by atoms with van der Waals surface area (Å²) in [6, 6.07) is 2.12. The monoisotopic (exact) mass is 345 g/mol. The van der Waals surface area contributed by atoms with Gasteiger partial charge < -0.3 is 10.1 Å². The maximum absolute atomic E-state index is 12.2. The fourth-order valence-corrected chi connectivity index (χ4v) is 3.85. The minimum absolute atomic E-state index is 0.00913. The molecule has 0 bridgehead atoms. The van der Waals surface area contributed by atoms with Crippen molar-refractivity contribution < 1.29 is 9.53 Å². The van der Waals surface area contributed by atoms with E-state index in [1.807, 2.05) is 19.9 Å². The molecule has 2 rings (SSSR count). The molecule has 1 amide bonds. The minimum atomic E-state index is 0.00913. The Labute approximate surface area is 126 Å². The van der Waals surface area contributed by atoms with Gasteiger partial charge in [0.1, 0.15) is 0 Å². The van der Waals surface area contributed by atoms with E-state index in [0.29, 0.717) is 0 Å². The summed E-state index contributed by atoms with van der Waals surface area (Å²) in [4.78, 5) is 13.0. The van der Waals surface area contributed by atoms with Crippen molar-refractivity contribution in [1.82, 2.24) is 5.32 Å². The maximum atomic E-state index is 12.2. The van der Waals surface area contributed by atoms with E-state index in [2.05, 4.69) is 35.1 Å². The number of halogens is 1. The van der Waals surface area contributed by atoms with E-state index in [1.54, 1.807) is 0 Å². The number of carbonyl (C=O) groups excluding carboxylic acids is 1. The highest BCUT2D eigenvalue weighted by molar-refractivity contribution is 9.11. The van der Waals surface area contributed by atoms with Crippen LogP contribution in [0.4, 0.5) is 0 Å². The van der Waals surface area contributed by atoms with Crippen molar-refractivity contribution >= 4 is 33.2 Å². The van der Waals surface area contributed by atoms with Crippen molar-refractivity contribution in [1.29, 1.82) is 0 Å². The lowest BCUT2D eigenvalue weighted by molar-refractivity contribution is -0.111. The zero-order valence-corrected chi connectivity index (χ0v) is 14.2. The van der Waals surface area contributed by atoms with Crippen LogP contribution in [0.15, 0.2) is 9.85 Å². The third-order valence-corrected chi connectivity index (χ3v) is 6.07. The van der Waals surface area contributed by atoms with E-state index in [0.717, 1.165) is 27.3 Å². The summed E-state index contributed by atoms with van der Waals surface area (Å²) < 4.78 is 6.70. The second-order valence-corrected chi connectivity index (χ2v) is 7.96. The Hall–Kier alpha value is -0.390. The van der Waals surface area contributed by atoms with Gasteiger partial charge in [0.05, 0.1) is 14.8 Å². The van der Waals surface area contributed by atoms with Crippen LogP contribution < -0.4 is 5.32 Å². The highest BCUT2D eigenvalue weighted by atomic mass is 79.9. The molecule has 0 spiro atoms. The van der Waals surface area contributed by atoms with Crippen LogP contribution in [0.1, 0.15) is 42.4 Å². The summed E-state index contributed by atoms with van der Waals surface area (Å²) in [6.45, 7) is 9.03. The van der Waals surface area contributed by atoms with Crippen LogP contribution in [0, 0.1) is 12.3 Å². The summed E-state index contributed by atoms with van der Waals surface area (Å²) in [6.07, 6.45) is 1.15. The fraction of sp³-hybridized carbons (Fsp3) is 0.643. The molecule has 3 nitrogen and oxygen atoms in total. The standard InChI is InChI=1S/C14H20BrNO2S/c1-5-18-11-7-10(14(11,3)4)16-13(17)9-6-8(2)12(15)19-9/h6,10-11H,5,7H2,1-4H3,(H,16,17). The molecule has 1 heterocycles. The first kappa shape index (κ1) is 15.0. The molecule has 0 radical (unpaired) electrons. The molecule has 0 saturated heterocycles. The Morgan fingerprint density at radius 2 is 2.32 bits per heavy atom. The highest BCUT2D eigenvalue weighted by Crippen LogP contribution is 2.43. The third-order valence-electron chi connectivity index (χ3n) is 3.93.